The molecule has 8 nitrogen and oxygen atoms in total. The van der Waals surface area contributed by atoms with Crippen LogP contribution in [0, 0.1) is 0 Å². The summed E-state index contributed by atoms with van der Waals surface area (Å²) in [4.78, 5) is 23.3. The second kappa shape index (κ2) is 9.13. The van der Waals surface area contributed by atoms with Crippen molar-refractivity contribution < 1.29 is 17.9 Å². The summed E-state index contributed by atoms with van der Waals surface area (Å²) in [6.07, 6.45) is 0.262. The van der Waals surface area contributed by atoms with E-state index in [1.54, 1.807) is 26.0 Å². The highest BCUT2D eigenvalue weighted by Gasteiger charge is 2.20. The first-order chi connectivity index (χ1) is 14.7. The van der Waals surface area contributed by atoms with Crippen molar-refractivity contribution in [3.8, 4) is 11.3 Å². The van der Waals surface area contributed by atoms with E-state index in [1.807, 2.05) is 6.92 Å². The number of esters is 1. The number of aromatic amines is 1. The first-order valence-electron chi connectivity index (χ1n) is 9.72. The van der Waals surface area contributed by atoms with Crippen LogP contribution in [-0.2, 0) is 21.2 Å². The van der Waals surface area contributed by atoms with Crippen molar-refractivity contribution in [1.82, 2.24) is 10.2 Å². The zero-order chi connectivity index (χ0) is 22.6. The fraction of sp³-hybridized carbons (Fsp3) is 0.227. The standard InChI is InChI=1S/C22H23N3O5S/c1-4-15-5-6-17(19-11-12-21(26)24-23-19)13-20(15)31(28,29)25-18-9-7-16(8-10-18)22(27)30-14(2)3/h5-14,25H,4H2,1-3H3,(H,24,26). The molecule has 2 N–H and O–H groups in total. The van der Waals surface area contributed by atoms with E-state index in [4.69, 9.17) is 4.74 Å². The molecule has 0 spiro atoms. The number of carbonyl (C=O) groups is 1. The van der Waals surface area contributed by atoms with Crippen molar-refractivity contribution in [2.24, 2.45) is 0 Å². The molecule has 3 rings (SSSR count). The molecule has 1 heterocycles. The number of sulfonamides is 1. The van der Waals surface area contributed by atoms with Crippen molar-refractivity contribution in [3.05, 3.63) is 76.1 Å². The third-order valence-electron chi connectivity index (χ3n) is 4.43. The Balaban J connectivity index is 1.90. The number of aryl methyl sites for hydroxylation is 1. The molecule has 0 aliphatic rings. The minimum absolute atomic E-state index is 0.115. The Hall–Kier alpha value is -3.46. The van der Waals surface area contributed by atoms with Crippen LogP contribution in [0.1, 0.15) is 36.7 Å². The van der Waals surface area contributed by atoms with Gasteiger partial charge in [-0.05, 0) is 62.2 Å². The van der Waals surface area contributed by atoms with E-state index in [0.29, 0.717) is 34.5 Å². The fourth-order valence-corrected chi connectivity index (χ4v) is 4.32. The van der Waals surface area contributed by atoms with Gasteiger partial charge in [-0.3, -0.25) is 9.52 Å². The first-order valence-corrected chi connectivity index (χ1v) is 11.2. The summed E-state index contributed by atoms with van der Waals surface area (Å²) in [6, 6.07) is 13.9. The van der Waals surface area contributed by atoms with Gasteiger partial charge in [0.25, 0.3) is 15.6 Å². The number of benzene rings is 2. The lowest BCUT2D eigenvalue weighted by atomic mass is 10.1. The van der Waals surface area contributed by atoms with Crippen molar-refractivity contribution in [2.75, 3.05) is 4.72 Å². The van der Waals surface area contributed by atoms with Gasteiger partial charge < -0.3 is 4.74 Å². The normalized spacial score (nSPS) is 11.4. The molecule has 3 aromatic rings. The van der Waals surface area contributed by atoms with E-state index in [2.05, 4.69) is 14.9 Å². The van der Waals surface area contributed by atoms with E-state index in [9.17, 15) is 18.0 Å². The number of hydrogen-bond acceptors (Lipinski definition) is 6. The van der Waals surface area contributed by atoms with Crippen LogP contribution in [-0.4, -0.2) is 30.7 Å². The highest BCUT2D eigenvalue weighted by atomic mass is 32.2. The van der Waals surface area contributed by atoms with Crippen LogP contribution in [0.15, 0.2) is 64.3 Å². The second-order valence-corrected chi connectivity index (χ2v) is 8.77. The molecule has 0 fully saturated rings. The number of hydrogen-bond donors (Lipinski definition) is 2. The van der Waals surface area contributed by atoms with Crippen LogP contribution in [0.3, 0.4) is 0 Å². The number of H-pyrrole nitrogens is 1. The van der Waals surface area contributed by atoms with E-state index in [-0.39, 0.29) is 16.6 Å². The van der Waals surface area contributed by atoms with Gasteiger partial charge >= 0.3 is 5.97 Å². The van der Waals surface area contributed by atoms with Crippen LogP contribution in [0.4, 0.5) is 5.69 Å². The lowest BCUT2D eigenvalue weighted by Gasteiger charge is -2.14. The molecule has 0 amide bonds. The van der Waals surface area contributed by atoms with Crippen LogP contribution < -0.4 is 10.3 Å². The summed E-state index contributed by atoms with van der Waals surface area (Å²) in [5.41, 5.74) is 1.95. The topological polar surface area (TPSA) is 118 Å². The zero-order valence-corrected chi connectivity index (χ0v) is 18.2. The number of aromatic nitrogens is 2. The summed E-state index contributed by atoms with van der Waals surface area (Å²) in [6.45, 7) is 5.37. The van der Waals surface area contributed by atoms with E-state index >= 15 is 0 Å². The van der Waals surface area contributed by atoms with Crippen molar-refractivity contribution >= 4 is 21.7 Å². The quantitative estimate of drug-likeness (QED) is 0.543. The minimum atomic E-state index is -3.91. The lowest BCUT2D eigenvalue weighted by molar-refractivity contribution is 0.0378. The van der Waals surface area contributed by atoms with Crippen LogP contribution in [0.2, 0.25) is 0 Å². The molecular formula is C22H23N3O5S. The number of anilines is 1. The van der Waals surface area contributed by atoms with Crippen LogP contribution >= 0.6 is 0 Å². The molecule has 0 aliphatic heterocycles. The second-order valence-electron chi connectivity index (χ2n) is 7.12. The number of rotatable bonds is 7. The first kappa shape index (κ1) is 22.2. The smallest absolute Gasteiger partial charge is 0.338 e. The van der Waals surface area contributed by atoms with Gasteiger partial charge in [0.15, 0.2) is 0 Å². The Bertz CT molecular complexity index is 1230. The Morgan fingerprint density at radius 2 is 1.81 bits per heavy atom. The molecule has 2 aromatic carbocycles. The van der Waals surface area contributed by atoms with Crippen molar-refractivity contribution in [3.63, 3.8) is 0 Å². The molecule has 0 saturated carbocycles. The Kier molecular flexibility index (Phi) is 6.55. The molecule has 31 heavy (non-hydrogen) atoms. The molecule has 0 bridgehead atoms. The fourth-order valence-electron chi connectivity index (χ4n) is 2.93. The maximum absolute atomic E-state index is 13.1. The highest BCUT2D eigenvalue weighted by molar-refractivity contribution is 7.92. The van der Waals surface area contributed by atoms with E-state index < -0.39 is 16.0 Å². The molecule has 0 radical (unpaired) electrons. The van der Waals surface area contributed by atoms with Crippen molar-refractivity contribution in [1.29, 1.82) is 0 Å². The van der Waals surface area contributed by atoms with Gasteiger partial charge in [0.05, 0.1) is 22.3 Å². The van der Waals surface area contributed by atoms with Gasteiger partial charge in [-0.15, -0.1) is 0 Å². The number of carbonyl (C=O) groups excluding carboxylic acids is 1. The van der Waals surface area contributed by atoms with Gasteiger partial charge in [-0.25, -0.2) is 18.3 Å². The van der Waals surface area contributed by atoms with Gasteiger partial charge in [0.1, 0.15) is 0 Å². The summed E-state index contributed by atoms with van der Waals surface area (Å²) in [5, 5.41) is 6.30. The van der Waals surface area contributed by atoms with E-state index in [1.165, 1.54) is 42.5 Å². The lowest BCUT2D eigenvalue weighted by Crippen LogP contribution is -2.16. The Labute approximate surface area is 180 Å². The predicted octanol–water partition coefficient (Wildman–Crippen LogP) is 3.37. The summed E-state index contributed by atoms with van der Waals surface area (Å²) >= 11 is 0. The molecule has 0 saturated heterocycles. The Morgan fingerprint density at radius 1 is 1.10 bits per heavy atom. The molecule has 1 aromatic heterocycles. The molecular weight excluding hydrogens is 418 g/mol. The van der Waals surface area contributed by atoms with Gasteiger partial charge in [0, 0.05) is 17.3 Å². The van der Waals surface area contributed by atoms with Gasteiger partial charge in [-0.2, -0.15) is 5.10 Å². The average molecular weight is 442 g/mol. The summed E-state index contributed by atoms with van der Waals surface area (Å²) in [7, 11) is -3.91. The zero-order valence-electron chi connectivity index (χ0n) is 17.4. The molecule has 162 valence electrons. The maximum Gasteiger partial charge on any atom is 0.338 e. The summed E-state index contributed by atoms with van der Waals surface area (Å²) in [5.74, 6) is -0.473. The molecule has 0 aliphatic carbocycles. The number of ether oxygens (including phenoxy) is 1. The third-order valence-corrected chi connectivity index (χ3v) is 5.89. The molecule has 0 atom stereocenters. The van der Waals surface area contributed by atoms with Crippen LogP contribution in [0.25, 0.3) is 11.3 Å². The number of nitrogens with one attached hydrogen (secondary N) is 2. The molecule has 9 heteroatoms. The molecule has 0 unspecified atom stereocenters. The maximum atomic E-state index is 13.1. The van der Waals surface area contributed by atoms with E-state index in [0.717, 1.165) is 0 Å². The minimum Gasteiger partial charge on any atom is -0.459 e. The monoisotopic (exact) mass is 441 g/mol. The average Bonchev–Trinajstić information content (AvgIpc) is 2.73. The Morgan fingerprint density at radius 3 is 2.39 bits per heavy atom. The largest absolute Gasteiger partial charge is 0.459 e. The van der Waals surface area contributed by atoms with Crippen molar-refractivity contribution in [2.45, 2.75) is 38.2 Å². The van der Waals surface area contributed by atoms with Gasteiger partial charge in [0.2, 0.25) is 0 Å². The highest BCUT2D eigenvalue weighted by Crippen LogP contribution is 2.26. The van der Waals surface area contributed by atoms with Gasteiger partial charge in [-0.1, -0.05) is 19.1 Å². The summed E-state index contributed by atoms with van der Waals surface area (Å²) < 4.78 is 33.9. The predicted molar refractivity (Wildman–Crippen MR) is 117 cm³/mol. The number of nitrogens with zero attached hydrogens (tertiary/aromatic N) is 1. The third kappa shape index (κ3) is 5.37. The van der Waals surface area contributed by atoms with Crippen LogP contribution in [0.5, 0.6) is 0 Å². The SMILES string of the molecule is CCc1ccc(-c2ccc(=O)[nH]n2)cc1S(=O)(=O)Nc1ccc(C(=O)OC(C)C)cc1.